The quantitative estimate of drug-likeness (QED) is 0.555. The lowest BCUT2D eigenvalue weighted by Crippen LogP contribution is -2.11. The number of benzene rings is 2. The molecule has 0 saturated heterocycles. The van der Waals surface area contributed by atoms with Crippen LogP contribution >= 0.6 is 0 Å². The molecule has 4 rings (SSSR count). The average molecular weight is 337 g/mol. The first-order valence-electron chi connectivity index (χ1n) is 7.55. The van der Waals surface area contributed by atoms with Crippen LogP contribution in [0, 0.1) is 6.92 Å². The molecule has 0 unspecified atom stereocenters. The number of aromatic nitrogens is 1. The second-order valence-electron chi connectivity index (χ2n) is 5.58. The molecule has 0 aliphatic rings. The van der Waals surface area contributed by atoms with Gasteiger partial charge in [0.15, 0.2) is 0 Å². The Labute approximate surface area is 140 Å². The van der Waals surface area contributed by atoms with Crippen LogP contribution in [0.2, 0.25) is 0 Å². The normalized spacial score (nSPS) is 11.9. The molecule has 0 fully saturated rings. The van der Waals surface area contributed by atoms with Crippen LogP contribution in [0.3, 0.4) is 0 Å². The molecule has 0 aliphatic heterocycles. The molecule has 0 bridgehead atoms. The fourth-order valence-corrected chi connectivity index (χ4v) is 4.22. The van der Waals surface area contributed by atoms with E-state index in [9.17, 15) is 8.42 Å². The minimum atomic E-state index is -3.67. The summed E-state index contributed by atoms with van der Waals surface area (Å²) in [7, 11) is -3.67. The molecule has 0 radical (unpaired) electrons. The van der Waals surface area contributed by atoms with Gasteiger partial charge in [0.1, 0.15) is 11.5 Å². The number of hydrogen-bond acceptors (Lipinski definition) is 3. The summed E-state index contributed by atoms with van der Waals surface area (Å²) in [4.78, 5) is 0.257. The Morgan fingerprint density at radius 1 is 0.875 bits per heavy atom. The molecule has 0 saturated carbocycles. The number of furan rings is 1. The van der Waals surface area contributed by atoms with E-state index in [0.29, 0.717) is 11.3 Å². The molecule has 0 aliphatic carbocycles. The van der Waals surface area contributed by atoms with Crippen molar-refractivity contribution in [2.45, 2.75) is 11.8 Å². The SMILES string of the molecule is Cc1ccc(-c2cn(S(=O)(=O)c3ccccc3)c3ccccc23)o1. The van der Waals surface area contributed by atoms with Gasteiger partial charge in [-0.05, 0) is 37.3 Å². The zero-order valence-electron chi connectivity index (χ0n) is 13.0. The monoisotopic (exact) mass is 337 g/mol. The molecular formula is C19H15NO3S. The lowest BCUT2D eigenvalue weighted by molar-refractivity contribution is 0.549. The van der Waals surface area contributed by atoms with Crippen LogP contribution in [0.4, 0.5) is 0 Å². The van der Waals surface area contributed by atoms with Gasteiger partial charge in [0.05, 0.1) is 10.4 Å². The molecule has 4 nitrogen and oxygen atoms in total. The molecule has 0 atom stereocenters. The van der Waals surface area contributed by atoms with Gasteiger partial charge in [-0.2, -0.15) is 0 Å². The van der Waals surface area contributed by atoms with Gasteiger partial charge < -0.3 is 4.42 Å². The van der Waals surface area contributed by atoms with Gasteiger partial charge in [-0.1, -0.05) is 36.4 Å². The number of nitrogens with zero attached hydrogens (tertiary/aromatic N) is 1. The van der Waals surface area contributed by atoms with Crippen molar-refractivity contribution in [2.24, 2.45) is 0 Å². The molecule has 120 valence electrons. The molecule has 2 aromatic carbocycles. The van der Waals surface area contributed by atoms with E-state index in [2.05, 4.69) is 0 Å². The summed E-state index contributed by atoms with van der Waals surface area (Å²) in [5, 5.41) is 0.839. The zero-order chi connectivity index (χ0) is 16.7. The Bertz CT molecular complexity index is 1120. The molecule has 0 spiro atoms. The van der Waals surface area contributed by atoms with E-state index in [1.54, 1.807) is 42.6 Å². The molecule has 0 N–H and O–H groups in total. The number of aryl methyl sites for hydroxylation is 1. The molecule has 24 heavy (non-hydrogen) atoms. The van der Waals surface area contributed by atoms with Crippen molar-refractivity contribution in [2.75, 3.05) is 0 Å². The minimum Gasteiger partial charge on any atom is -0.461 e. The Kier molecular flexibility index (Phi) is 3.32. The Morgan fingerprint density at radius 2 is 1.58 bits per heavy atom. The second kappa shape index (κ2) is 5.39. The summed E-state index contributed by atoms with van der Waals surface area (Å²) in [6.07, 6.45) is 1.63. The third-order valence-electron chi connectivity index (χ3n) is 3.98. The zero-order valence-corrected chi connectivity index (χ0v) is 13.8. The highest BCUT2D eigenvalue weighted by Crippen LogP contribution is 2.33. The van der Waals surface area contributed by atoms with Crippen molar-refractivity contribution < 1.29 is 12.8 Å². The fourth-order valence-electron chi connectivity index (χ4n) is 2.83. The van der Waals surface area contributed by atoms with Gasteiger partial charge in [0.25, 0.3) is 10.0 Å². The van der Waals surface area contributed by atoms with Crippen molar-refractivity contribution in [3.63, 3.8) is 0 Å². The lowest BCUT2D eigenvalue weighted by Gasteiger charge is -2.07. The summed E-state index contributed by atoms with van der Waals surface area (Å²) < 4.78 is 33.1. The standard InChI is InChI=1S/C19H15NO3S/c1-14-11-12-19(23-14)17-13-20(18-10-6-5-9-16(17)18)24(21,22)15-7-3-2-4-8-15/h2-13H,1H3. The van der Waals surface area contributed by atoms with Gasteiger partial charge in [0, 0.05) is 17.1 Å². The molecule has 2 heterocycles. The van der Waals surface area contributed by atoms with Crippen LogP contribution in [0.15, 0.2) is 82.2 Å². The second-order valence-corrected chi connectivity index (χ2v) is 7.40. The number of rotatable bonds is 3. The van der Waals surface area contributed by atoms with E-state index in [1.807, 2.05) is 37.3 Å². The highest BCUT2D eigenvalue weighted by Gasteiger charge is 2.22. The Balaban J connectivity index is 2.01. The number of fused-ring (bicyclic) bond motifs is 1. The van der Waals surface area contributed by atoms with E-state index < -0.39 is 10.0 Å². The van der Waals surface area contributed by atoms with Gasteiger partial charge >= 0.3 is 0 Å². The highest BCUT2D eigenvalue weighted by atomic mass is 32.2. The molecule has 5 heteroatoms. The van der Waals surface area contributed by atoms with Crippen LogP contribution in [0.1, 0.15) is 5.76 Å². The van der Waals surface area contributed by atoms with Crippen LogP contribution < -0.4 is 0 Å². The Morgan fingerprint density at radius 3 is 2.29 bits per heavy atom. The van der Waals surface area contributed by atoms with Gasteiger partial charge in [-0.15, -0.1) is 0 Å². The average Bonchev–Trinajstić information content (AvgIpc) is 3.19. The van der Waals surface area contributed by atoms with Crippen molar-refractivity contribution in [3.8, 4) is 11.3 Å². The van der Waals surface area contributed by atoms with Gasteiger partial charge in [-0.3, -0.25) is 0 Å². The third-order valence-corrected chi connectivity index (χ3v) is 5.67. The van der Waals surface area contributed by atoms with Crippen molar-refractivity contribution in [1.29, 1.82) is 0 Å². The fraction of sp³-hybridized carbons (Fsp3) is 0.0526. The maximum absolute atomic E-state index is 13.0. The first-order valence-corrected chi connectivity index (χ1v) is 8.99. The first-order chi connectivity index (χ1) is 11.6. The maximum Gasteiger partial charge on any atom is 0.268 e. The molecule has 4 aromatic rings. The van der Waals surface area contributed by atoms with E-state index in [1.165, 1.54) is 3.97 Å². The van der Waals surface area contributed by atoms with Crippen LogP contribution in [0.5, 0.6) is 0 Å². The van der Waals surface area contributed by atoms with Crippen molar-refractivity contribution >= 4 is 20.9 Å². The van der Waals surface area contributed by atoms with E-state index in [0.717, 1.165) is 16.7 Å². The van der Waals surface area contributed by atoms with Gasteiger partial charge in [0.2, 0.25) is 0 Å². The van der Waals surface area contributed by atoms with Crippen molar-refractivity contribution in [3.05, 3.63) is 78.7 Å². The minimum absolute atomic E-state index is 0.257. The largest absolute Gasteiger partial charge is 0.461 e. The van der Waals surface area contributed by atoms with Crippen LogP contribution in [0.25, 0.3) is 22.2 Å². The molecule has 0 amide bonds. The summed E-state index contributed by atoms with van der Waals surface area (Å²) in [5.74, 6) is 1.44. The smallest absolute Gasteiger partial charge is 0.268 e. The highest BCUT2D eigenvalue weighted by molar-refractivity contribution is 7.90. The topological polar surface area (TPSA) is 52.2 Å². The van der Waals surface area contributed by atoms with Crippen LogP contribution in [-0.2, 0) is 10.0 Å². The number of para-hydroxylation sites is 1. The maximum atomic E-state index is 13.0. The Hall–Kier alpha value is -2.79. The lowest BCUT2D eigenvalue weighted by atomic mass is 10.1. The first kappa shape index (κ1) is 14.8. The summed E-state index contributed by atoms with van der Waals surface area (Å²) in [6, 6.07) is 19.6. The summed E-state index contributed by atoms with van der Waals surface area (Å²) in [6.45, 7) is 1.86. The van der Waals surface area contributed by atoms with Crippen LogP contribution in [-0.4, -0.2) is 12.4 Å². The van der Waals surface area contributed by atoms with Gasteiger partial charge in [-0.25, -0.2) is 12.4 Å². The van der Waals surface area contributed by atoms with E-state index in [4.69, 9.17) is 4.42 Å². The van der Waals surface area contributed by atoms with E-state index >= 15 is 0 Å². The number of hydrogen-bond donors (Lipinski definition) is 0. The predicted octanol–water partition coefficient (Wildman–Crippen LogP) is 4.45. The third kappa shape index (κ3) is 2.25. The molecule has 2 aromatic heterocycles. The predicted molar refractivity (Wildman–Crippen MR) is 93.4 cm³/mol. The van der Waals surface area contributed by atoms with Crippen molar-refractivity contribution in [1.82, 2.24) is 3.97 Å². The summed E-state index contributed by atoms with van der Waals surface area (Å²) >= 11 is 0. The summed E-state index contributed by atoms with van der Waals surface area (Å²) in [5.41, 5.74) is 1.39. The van der Waals surface area contributed by atoms with E-state index in [-0.39, 0.29) is 4.90 Å². The molecular weight excluding hydrogens is 322 g/mol.